The smallest absolute Gasteiger partial charge is 0.265 e. The van der Waals surface area contributed by atoms with Crippen molar-refractivity contribution in [3.8, 4) is 0 Å². The van der Waals surface area contributed by atoms with E-state index in [9.17, 15) is 17.6 Å². The minimum Gasteiger partial charge on any atom is -0.326 e. The van der Waals surface area contributed by atoms with Gasteiger partial charge in [0.05, 0.1) is 0 Å². The van der Waals surface area contributed by atoms with Crippen molar-refractivity contribution in [3.05, 3.63) is 29.1 Å². The van der Waals surface area contributed by atoms with Crippen molar-refractivity contribution >= 4 is 0 Å². The van der Waals surface area contributed by atoms with Crippen LogP contribution in [0, 0.1) is 11.8 Å². The predicted octanol–water partition coefficient (Wildman–Crippen LogP) is 1.76. The highest BCUT2D eigenvalue weighted by molar-refractivity contribution is 5.26. The summed E-state index contributed by atoms with van der Waals surface area (Å²) in [5.74, 6) is -2.81. The zero-order chi connectivity index (χ0) is 10.0. The third kappa shape index (κ3) is 1.77. The van der Waals surface area contributed by atoms with Gasteiger partial charge in [-0.25, -0.2) is 18.2 Å². The summed E-state index contributed by atoms with van der Waals surface area (Å²) in [6.07, 6.45) is -2.31. The van der Waals surface area contributed by atoms with Crippen LogP contribution < -0.4 is 5.73 Å². The van der Waals surface area contributed by atoms with Gasteiger partial charge < -0.3 is 5.73 Å². The lowest BCUT2D eigenvalue weighted by Gasteiger charge is -2.06. The molecule has 1 aromatic heterocycles. The van der Waals surface area contributed by atoms with Gasteiger partial charge in [0.25, 0.3) is 6.43 Å². The monoisotopic (exact) mass is 194 g/mol. The van der Waals surface area contributed by atoms with E-state index in [1.54, 1.807) is 0 Å². The average molecular weight is 194 g/mol. The van der Waals surface area contributed by atoms with Crippen molar-refractivity contribution in [2.75, 3.05) is 0 Å². The second-order valence-corrected chi connectivity index (χ2v) is 2.30. The Morgan fingerprint density at radius 1 is 1.38 bits per heavy atom. The number of pyridine rings is 1. The molecule has 1 heterocycles. The number of rotatable bonds is 2. The Bertz CT molecular complexity index is 314. The van der Waals surface area contributed by atoms with Crippen LogP contribution in [0.4, 0.5) is 17.6 Å². The molecule has 0 aliphatic heterocycles. The van der Waals surface area contributed by atoms with Gasteiger partial charge in [0.2, 0.25) is 5.95 Å². The van der Waals surface area contributed by atoms with E-state index in [2.05, 4.69) is 4.98 Å². The lowest BCUT2D eigenvalue weighted by Crippen LogP contribution is -2.08. The van der Waals surface area contributed by atoms with Crippen LogP contribution >= 0.6 is 0 Å². The van der Waals surface area contributed by atoms with E-state index in [1.807, 2.05) is 0 Å². The van der Waals surface area contributed by atoms with Crippen LogP contribution in [0.1, 0.15) is 17.6 Å². The zero-order valence-corrected chi connectivity index (χ0v) is 6.40. The first-order chi connectivity index (χ1) is 6.07. The van der Waals surface area contributed by atoms with Gasteiger partial charge in [-0.05, 0) is 0 Å². The lowest BCUT2D eigenvalue weighted by atomic mass is 10.1. The fourth-order valence-corrected chi connectivity index (χ4v) is 0.908. The van der Waals surface area contributed by atoms with E-state index in [0.29, 0.717) is 6.20 Å². The van der Waals surface area contributed by atoms with Crippen LogP contribution in [-0.4, -0.2) is 4.98 Å². The van der Waals surface area contributed by atoms with Crippen molar-refractivity contribution in [2.45, 2.75) is 13.0 Å². The molecule has 0 amide bonds. The van der Waals surface area contributed by atoms with Gasteiger partial charge in [-0.1, -0.05) is 0 Å². The quantitative estimate of drug-likeness (QED) is 0.575. The fraction of sp³-hybridized carbons (Fsp3) is 0.286. The molecule has 2 nitrogen and oxygen atoms in total. The lowest BCUT2D eigenvalue weighted by molar-refractivity contribution is 0.148. The summed E-state index contributed by atoms with van der Waals surface area (Å²) in [6, 6.07) is 0. The molecule has 0 fully saturated rings. The standard InChI is InChI=1S/C7H6F4N2/c8-5-3(1-12)4(6(9)10)2-13-7(5)11/h2,6H,1,12H2. The number of aromatic nitrogens is 1. The molecule has 0 atom stereocenters. The number of alkyl halides is 2. The van der Waals surface area contributed by atoms with Crippen LogP contribution in [0.15, 0.2) is 6.20 Å². The van der Waals surface area contributed by atoms with Crippen LogP contribution in [-0.2, 0) is 6.54 Å². The van der Waals surface area contributed by atoms with Crippen molar-refractivity contribution in [2.24, 2.45) is 5.73 Å². The molecule has 0 saturated heterocycles. The molecule has 72 valence electrons. The van der Waals surface area contributed by atoms with E-state index in [1.165, 1.54) is 0 Å². The Morgan fingerprint density at radius 2 is 2.00 bits per heavy atom. The largest absolute Gasteiger partial charge is 0.326 e. The molecule has 13 heavy (non-hydrogen) atoms. The van der Waals surface area contributed by atoms with Gasteiger partial charge in [-0.15, -0.1) is 0 Å². The van der Waals surface area contributed by atoms with Gasteiger partial charge in [0.15, 0.2) is 5.82 Å². The van der Waals surface area contributed by atoms with Gasteiger partial charge >= 0.3 is 0 Å². The molecule has 0 unspecified atom stereocenters. The van der Waals surface area contributed by atoms with Crippen LogP contribution in [0.3, 0.4) is 0 Å². The van der Waals surface area contributed by atoms with Crippen LogP contribution in [0.2, 0.25) is 0 Å². The van der Waals surface area contributed by atoms with Crippen LogP contribution in [0.5, 0.6) is 0 Å². The first kappa shape index (κ1) is 9.91. The Hall–Kier alpha value is -1.17. The second kappa shape index (κ2) is 3.69. The van der Waals surface area contributed by atoms with Gasteiger partial charge in [0, 0.05) is 23.9 Å². The topological polar surface area (TPSA) is 38.9 Å². The van der Waals surface area contributed by atoms with E-state index in [0.717, 1.165) is 0 Å². The minimum atomic E-state index is -2.90. The maximum atomic E-state index is 12.8. The maximum Gasteiger partial charge on any atom is 0.265 e. The molecule has 0 saturated carbocycles. The third-order valence-corrected chi connectivity index (χ3v) is 1.55. The highest BCUT2D eigenvalue weighted by Gasteiger charge is 2.19. The second-order valence-electron chi connectivity index (χ2n) is 2.30. The number of halogens is 4. The Morgan fingerprint density at radius 3 is 2.46 bits per heavy atom. The van der Waals surface area contributed by atoms with Crippen molar-refractivity contribution in [1.82, 2.24) is 4.98 Å². The molecular formula is C7H6F4N2. The first-order valence-electron chi connectivity index (χ1n) is 3.39. The molecule has 0 spiro atoms. The normalized spacial score (nSPS) is 10.9. The maximum absolute atomic E-state index is 12.8. The summed E-state index contributed by atoms with van der Waals surface area (Å²) in [6.45, 7) is -0.481. The predicted molar refractivity (Wildman–Crippen MR) is 37.0 cm³/mol. The number of hydrogen-bond acceptors (Lipinski definition) is 2. The Kier molecular flexibility index (Phi) is 2.82. The molecule has 2 N–H and O–H groups in total. The molecular weight excluding hydrogens is 188 g/mol. The van der Waals surface area contributed by atoms with E-state index < -0.39 is 35.9 Å². The number of nitrogens with zero attached hydrogens (tertiary/aromatic N) is 1. The number of hydrogen-bond donors (Lipinski definition) is 1. The average Bonchev–Trinajstić information content (AvgIpc) is 2.09. The fourth-order valence-electron chi connectivity index (χ4n) is 0.908. The summed E-state index contributed by atoms with van der Waals surface area (Å²) >= 11 is 0. The van der Waals surface area contributed by atoms with Gasteiger partial charge in [0.1, 0.15) is 0 Å². The summed E-state index contributed by atoms with van der Waals surface area (Å²) in [5, 5.41) is 0. The zero-order valence-electron chi connectivity index (χ0n) is 6.40. The van der Waals surface area contributed by atoms with Gasteiger partial charge in [-0.2, -0.15) is 4.39 Å². The molecule has 0 radical (unpaired) electrons. The summed E-state index contributed by atoms with van der Waals surface area (Å²) < 4.78 is 49.5. The molecule has 0 bridgehead atoms. The van der Waals surface area contributed by atoms with E-state index >= 15 is 0 Å². The van der Waals surface area contributed by atoms with Crippen molar-refractivity contribution in [1.29, 1.82) is 0 Å². The third-order valence-electron chi connectivity index (χ3n) is 1.55. The summed E-state index contributed by atoms with van der Waals surface area (Å²) in [5.41, 5.74) is 3.80. The highest BCUT2D eigenvalue weighted by Crippen LogP contribution is 2.24. The van der Waals surface area contributed by atoms with Crippen molar-refractivity contribution < 1.29 is 17.6 Å². The number of nitrogens with two attached hydrogens (primary N) is 1. The molecule has 6 heteroatoms. The molecule has 1 rings (SSSR count). The van der Waals surface area contributed by atoms with E-state index in [4.69, 9.17) is 5.73 Å². The molecule has 0 aromatic carbocycles. The summed E-state index contributed by atoms with van der Waals surface area (Å²) in [7, 11) is 0. The molecule has 0 aliphatic carbocycles. The first-order valence-corrected chi connectivity index (χ1v) is 3.39. The molecule has 1 aromatic rings. The minimum absolute atomic E-state index is 0.481. The van der Waals surface area contributed by atoms with Gasteiger partial charge in [-0.3, -0.25) is 0 Å². The van der Waals surface area contributed by atoms with Crippen LogP contribution in [0.25, 0.3) is 0 Å². The Balaban J connectivity index is 3.30. The highest BCUT2D eigenvalue weighted by atomic mass is 19.3. The summed E-state index contributed by atoms with van der Waals surface area (Å²) in [4.78, 5) is 2.83. The molecule has 0 aliphatic rings. The van der Waals surface area contributed by atoms with Crippen molar-refractivity contribution in [3.63, 3.8) is 0 Å². The van der Waals surface area contributed by atoms with E-state index in [-0.39, 0.29) is 0 Å². The Labute approximate surface area is 71.4 Å². The SMILES string of the molecule is NCc1c(C(F)F)cnc(F)c1F.